The number of sulfone groups is 1. The lowest BCUT2D eigenvalue weighted by Crippen LogP contribution is -2.06. The summed E-state index contributed by atoms with van der Waals surface area (Å²) in [5.41, 5.74) is 1.74. The van der Waals surface area contributed by atoms with Crippen LogP contribution in [0.15, 0.2) is 41.8 Å². The fourth-order valence-electron chi connectivity index (χ4n) is 1.71. The molecule has 2 rings (SSSR count). The molecule has 2 aromatic rings. The molecule has 0 N–H and O–H groups in total. The van der Waals surface area contributed by atoms with E-state index in [1.807, 2.05) is 48.7 Å². The molecule has 0 radical (unpaired) electrons. The topological polar surface area (TPSA) is 34.1 Å². The first kappa shape index (κ1) is 12.3. The molecule has 0 bridgehead atoms. The lowest BCUT2D eigenvalue weighted by atomic mass is 10.2. The summed E-state index contributed by atoms with van der Waals surface area (Å²) in [5.74, 6) is 0.245. The molecule has 0 aliphatic heterocycles. The fourth-order valence-corrected chi connectivity index (χ4v) is 4.00. The summed E-state index contributed by atoms with van der Waals surface area (Å²) in [6.45, 7) is 1.98. The minimum Gasteiger partial charge on any atom is -0.228 e. The molecule has 1 aromatic heterocycles. The number of rotatable bonds is 4. The van der Waals surface area contributed by atoms with E-state index in [9.17, 15) is 8.42 Å². The van der Waals surface area contributed by atoms with Crippen molar-refractivity contribution in [1.82, 2.24) is 0 Å². The predicted molar refractivity (Wildman–Crippen MR) is 71.8 cm³/mol. The van der Waals surface area contributed by atoms with Crippen molar-refractivity contribution in [3.63, 3.8) is 0 Å². The van der Waals surface area contributed by atoms with Crippen molar-refractivity contribution in [1.29, 1.82) is 0 Å². The third-order valence-corrected chi connectivity index (χ3v) is 4.86. The van der Waals surface area contributed by atoms with Crippen molar-refractivity contribution in [3.05, 3.63) is 57.8 Å². The van der Waals surface area contributed by atoms with Gasteiger partial charge in [-0.05, 0) is 29.5 Å². The van der Waals surface area contributed by atoms with Gasteiger partial charge in [-0.1, -0.05) is 30.3 Å². The van der Waals surface area contributed by atoms with Crippen LogP contribution in [0, 0.1) is 6.92 Å². The first-order chi connectivity index (χ1) is 8.05. The Morgan fingerprint density at radius 2 is 1.71 bits per heavy atom. The zero-order valence-corrected chi connectivity index (χ0v) is 11.2. The number of hydrogen-bond acceptors (Lipinski definition) is 3. The molecule has 0 atom stereocenters. The van der Waals surface area contributed by atoms with E-state index in [1.54, 1.807) is 11.3 Å². The number of benzene rings is 1. The van der Waals surface area contributed by atoms with Crippen molar-refractivity contribution in [2.75, 3.05) is 0 Å². The third-order valence-electron chi connectivity index (χ3n) is 2.40. The first-order valence-electron chi connectivity index (χ1n) is 5.33. The SMILES string of the molecule is Cc1cc(CS(=O)(=O)Cc2ccccc2)cs1. The van der Waals surface area contributed by atoms with Crippen molar-refractivity contribution < 1.29 is 8.42 Å². The molecular formula is C13H14O2S2. The smallest absolute Gasteiger partial charge is 0.158 e. The van der Waals surface area contributed by atoms with Crippen molar-refractivity contribution >= 4 is 21.2 Å². The van der Waals surface area contributed by atoms with Crippen molar-refractivity contribution in [2.24, 2.45) is 0 Å². The minimum absolute atomic E-state index is 0.114. The molecule has 0 spiro atoms. The standard InChI is InChI=1S/C13H14O2S2/c1-11-7-13(8-16-11)10-17(14,15)9-12-5-3-2-4-6-12/h2-8H,9-10H2,1H3. The largest absolute Gasteiger partial charge is 0.228 e. The van der Waals surface area contributed by atoms with Crippen molar-refractivity contribution in [2.45, 2.75) is 18.4 Å². The Bertz CT molecular complexity index is 583. The van der Waals surface area contributed by atoms with Crippen LogP contribution in [0.1, 0.15) is 16.0 Å². The quantitative estimate of drug-likeness (QED) is 0.851. The molecule has 0 saturated carbocycles. The van der Waals surface area contributed by atoms with Gasteiger partial charge >= 0.3 is 0 Å². The van der Waals surface area contributed by atoms with E-state index >= 15 is 0 Å². The summed E-state index contributed by atoms with van der Waals surface area (Å²) in [6.07, 6.45) is 0. The van der Waals surface area contributed by atoms with Crippen LogP contribution in [0.25, 0.3) is 0 Å². The molecule has 1 aromatic carbocycles. The zero-order chi connectivity index (χ0) is 12.3. The molecule has 17 heavy (non-hydrogen) atoms. The number of aryl methyl sites for hydroxylation is 1. The van der Waals surface area contributed by atoms with E-state index in [4.69, 9.17) is 0 Å². The molecule has 0 aliphatic carbocycles. The Balaban J connectivity index is 2.10. The first-order valence-corrected chi connectivity index (χ1v) is 8.04. The molecule has 0 unspecified atom stereocenters. The van der Waals surface area contributed by atoms with Crippen LogP contribution in [0.2, 0.25) is 0 Å². The van der Waals surface area contributed by atoms with Crippen molar-refractivity contribution in [3.8, 4) is 0 Å². The second-order valence-electron chi connectivity index (χ2n) is 4.08. The maximum absolute atomic E-state index is 12.0. The van der Waals surface area contributed by atoms with Crippen LogP contribution < -0.4 is 0 Å². The van der Waals surface area contributed by atoms with Crippen LogP contribution in [0.5, 0.6) is 0 Å². The number of thiophene rings is 1. The minimum atomic E-state index is -3.07. The van der Waals surface area contributed by atoms with Gasteiger partial charge in [-0.3, -0.25) is 0 Å². The summed E-state index contributed by atoms with van der Waals surface area (Å²) in [5, 5.41) is 1.91. The summed E-state index contributed by atoms with van der Waals surface area (Å²) in [4.78, 5) is 1.15. The van der Waals surface area contributed by atoms with E-state index < -0.39 is 9.84 Å². The van der Waals surface area contributed by atoms with Gasteiger partial charge in [-0.15, -0.1) is 11.3 Å². The maximum atomic E-state index is 12.0. The van der Waals surface area contributed by atoms with E-state index in [0.29, 0.717) is 0 Å². The average molecular weight is 266 g/mol. The molecule has 0 aliphatic rings. The highest BCUT2D eigenvalue weighted by Gasteiger charge is 2.13. The van der Waals surface area contributed by atoms with E-state index in [1.165, 1.54) is 0 Å². The monoisotopic (exact) mass is 266 g/mol. The van der Waals surface area contributed by atoms with E-state index in [2.05, 4.69) is 0 Å². The van der Waals surface area contributed by atoms with Crippen LogP contribution in [0.4, 0.5) is 0 Å². The summed E-state index contributed by atoms with van der Waals surface area (Å²) in [7, 11) is -3.07. The maximum Gasteiger partial charge on any atom is 0.158 e. The Kier molecular flexibility index (Phi) is 3.64. The summed E-state index contributed by atoms with van der Waals surface area (Å²) in [6, 6.07) is 11.2. The van der Waals surface area contributed by atoms with Gasteiger partial charge < -0.3 is 0 Å². The van der Waals surface area contributed by atoms with Crippen LogP contribution >= 0.6 is 11.3 Å². The van der Waals surface area contributed by atoms with Gasteiger partial charge in [0.1, 0.15) is 0 Å². The normalized spacial score (nSPS) is 11.6. The van der Waals surface area contributed by atoms with E-state index in [0.717, 1.165) is 16.0 Å². The highest BCUT2D eigenvalue weighted by molar-refractivity contribution is 7.89. The van der Waals surface area contributed by atoms with Gasteiger partial charge in [0.15, 0.2) is 9.84 Å². The van der Waals surface area contributed by atoms with Crippen LogP contribution in [0.3, 0.4) is 0 Å². The second-order valence-corrected chi connectivity index (χ2v) is 7.26. The lowest BCUT2D eigenvalue weighted by molar-refractivity contribution is 0.594. The second kappa shape index (κ2) is 5.02. The van der Waals surface area contributed by atoms with Gasteiger partial charge in [0.05, 0.1) is 11.5 Å². The highest BCUT2D eigenvalue weighted by atomic mass is 32.2. The molecule has 90 valence electrons. The third kappa shape index (κ3) is 3.68. The molecule has 4 heteroatoms. The molecule has 0 fully saturated rings. The highest BCUT2D eigenvalue weighted by Crippen LogP contribution is 2.17. The summed E-state index contributed by atoms with van der Waals surface area (Å²) < 4.78 is 24.0. The van der Waals surface area contributed by atoms with Gasteiger partial charge in [0.2, 0.25) is 0 Å². The van der Waals surface area contributed by atoms with Crippen LogP contribution in [-0.4, -0.2) is 8.42 Å². The Morgan fingerprint density at radius 1 is 1.06 bits per heavy atom. The fraction of sp³-hybridized carbons (Fsp3) is 0.231. The molecule has 0 saturated heterocycles. The van der Waals surface area contributed by atoms with Gasteiger partial charge in [-0.25, -0.2) is 8.42 Å². The van der Waals surface area contributed by atoms with Gasteiger partial charge in [-0.2, -0.15) is 0 Å². The predicted octanol–water partition coefficient (Wildman–Crippen LogP) is 3.17. The lowest BCUT2D eigenvalue weighted by Gasteiger charge is -2.02. The Hall–Kier alpha value is -1.13. The number of hydrogen-bond donors (Lipinski definition) is 0. The molecule has 2 nitrogen and oxygen atoms in total. The van der Waals surface area contributed by atoms with Gasteiger partial charge in [0.25, 0.3) is 0 Å². The Morgan fingerprint density at radius 3 is 2.29 bits per heavy atom. The van der Waals surface area contributed by atoms with Gasteiger partial charge in [0, 0.05) is 4.88 Å². The average Bonchev–Trinajstić information content (AvgIpc) is 2.63. The summed E-state index contributed by atoms with van der Waals surface area (Å²) >= 11 is 1.59. The molecule has 1 heterocycles. The Labute approximate surface area is 106 Å². The van der Waals surface area contributed by atoms with Crippen LogP contribution in [-0.2, 0) is 21.3 Å². The zero-order valence-electron chi connectivity index (χ0n) is 9.59. The molecule has 0 amide bonds. The van der Waals surface area contributed by atoms with E-state index in [-0.39, 0.29) is 11.5 Å². The molecular weight excluding hydrogens is 252 g/mol.